The molecule has 1 aromatic carbocycles. The summed E-state index contributed by atoms with van der Waals surface area (Å²) < 4.78 is 11.1. The molecule has 2 aliphatic heterocycles. The molecular formula is C23H36N4O4. The van der Waals surface area contributed by atoms with Crippen LogP contribution in [0.25, 0.3) is 0 Å². The highest BCUT2D eigenvalue weighted by Crippen LogP contribution is 2.22. The molecule has 2 heterocycles. The summed E-state index contributed by atoms with van der Waals surface area (Å²) in [6.07, 6.45) is 4.34. The van der Waals surface area contributed by atoms with Gasteiger partial charge in [-0.1, -0.05) is 6.07 Å². The lowest BCUT2D eigenvalue weighted by Crippen LogP contribution is -2.37. The number of anilines is 2. The summed E-state index contributed by atoms with van der Waals surface area (Å²) in [5.74, 6) is 0.873. The van der Waals surface area contributed by atoms with Crippen LogP contribution in [0.5, 0.6) is 0 Å². The number of carbonyl (C=O) groups excluding carboxylic acids is 2. The number of carbonyl (C=O) groups is 2. The standard InChI is InChI=1S/C23H36N4O4/c1-15-4-5-20(26-22(28)24-13-18-6-8-30-16(2)10-18)12-21(15)27-23(29)25-14-19-7-9-31-17(3)11-19/h4-5,12,16-19H,6-11,13-14H2,1-3H3,(H2,24,26,28)(H2,25,27,29)/t16-,17-,18-,19+/m1/s1. The third-order valence-electron chi connectivity index (χ3n) is 6.03. The first kappa shape index (κ1) is 23.3. The number of amides is 4. The minimum atomic E-state index is -0.243. The van der Waals surface area contributed by atoms with Gasteiger partial charge in [-0.2, -0.15) is 0 Å². The lowest BCUT2D eigenvalue weighted by molar-refractivity contribution is 0.00339. The molecule has 8 heteroatoms. The fourth-order valence-corrected chi connectivity index (χ4v) is 4.20. The molecule has 0 radical (unpaired) electrons. The Hall–Kier alpha value is -2.32. The lowest BCUT2D eigenvalue weighted by atomic mass is 9.96. The van der Waals surface area contributed by atoms with Gasteiger partial charge in [0.25, 0.3) is 0 Å². The largest absolute Gasteiger partial charge is 0.378 e. The van der Waals surface area contributed by atoms with Crippen LogP contribution in [0, 0.1) is 18.8 Å². The molecule has 2 fully saturated rings. The van der Waals surface area contributed by atoms with Gasteiger partial charge in [-0.15, -0.1) is 0 Å². The fourth-order valence-electron chi connectivity index (χ4n) is 4.20. The molecule has 0 aliphatic carbocycles. The number of ether oxygens (including phenoxy) is 2. The Morgan fingerprint density at radius 3 is 2.00 bits per heavy atom. The zero-order chi connectivity index (χ0) is 22.2. The average Bonchev–Trinajstić information content (AvgIpc) is 2.73. The van der Waals surface area contributed by atoms with Crippen LogP contribution in [0.3, 0.4) is 0 Å². The van der Waals surface area contributed by atoms with E-state index in [1.807, 2.05) is 19.1 Å². The number of benzene rings is 1. The highest BCUT2D eigenvalue weighted by Gasteiger charge is 2.21. The normalized spacial score (nSPS) is 26.0. The van der Waals surface area contributed by atoms with Gasteiger partial charge in [0.2, 0.25) is 0 Å². The lowest BCUT2D eigenvalue weighted by Gasteiger charge is -2.27. The summed E-state index contributed by atoms with van der Waals surface area (Å²) in [5.41, 5.74) is 2.24. The summed E-state index contributed by atoms with van der Waals surface area (Å²) >= 11 is 0. The highest BCUT2D eigenvalue weighted by molar-refractivity contribution is 5.93. The van der Waals surface area contributed by atoms with Crippen LogP contribution < -0.4 is 21.3 Å². The molecule has 1 aromatic rings. The van der Waals surface area contributed by atoms with Crippen LogP contribution in [0.2, 0.25) is 0 Å². The summed E-state index contributed by atoms with van der Waals surface area (Å²) in [6.45, 7) is 8.80. The van der Waals surface area contributed by atoms with Crippen molar-refractivity contribution in [2.24, 2.45) is 11.8 Å². The number of aryl methyl sites for hydroxylation is 1. The Bertz CT molecular complexity index is 757. The third-order valence-corrected chi connectivity index (χ3v) is 6.03. The third kappa shape index (κ3) is 7.70. The summed E-state index contributed by atoms with van der Waals surface area (Å²) in [7, 11) is 0. The maximum atomic E-state index is 12.4. The van der Waals surface area contributed by atoms with Gasteiger partial charge in [0.05, 0.1) is 12.2 Å². The SMILES string of the molecule is Cc1ccc(NC(=O)NC[C@@H]2CCO[C@H](C)C2)cc1NC(=O)NC[C@H]1CCO[C@H](C)C1. The molecule has 3 rings (SSSR count). The van der Waals surface area contributed by atoms with Crippen molar-refractivity contribution >= 4 is 23.4 Å². The Morgan fingerprint density at radius 1 is 0.903 bits per heavy atom. The van der Waals surface area contributed by atoms with Gasteiger partial charge in [-0.25, -0.2) is 9.59 Å². The van der Waals surface area contributed by atoms with Crippen LogP contribution >= 0.6 is 0 Å². The van der Waals surface area contributed by atoms with Crippen molar-refractivity contribution in [2.45, 2.75) is 58.7 Å². The molecule has 4 atom stereocenters. The minimum absolute atomic E-state index is 0.238. The predicted molar refractivity (Wildman–Crippen MR) is 121 cm³/mol. The molecule has 8 nitrogen and oxygen atoms in total. The molecule has 0 saturated carbocycles. The van der Waals surface area contributed by atoms with Crippen LogP contribution in [0.15, 0.2) is 18.2 Å². The zero-order valence-electron chi connectivity index (χ0n) is 18.8. The molecule has 2 aliphatic rings. The molecular weight excluding hydrogens is 396 g/mol. The van der Waals surface area contributed by atoms with Crippen molar-refractivity contribution in [1.29, 1.82) is 0 Å². The van der Waals surface area contributed by atoms with E-state index < -0.39 is 0 Å². The van der Waals surface area contributed by atoms with E-state index in [2.05, 4.69) is 35.1 Å². The van der Waals surface area contributed by atoms with Gasteiger partial charge in [0.15, 0.2) is 0 Å². The first-order chi connectivity index (χ1) is 14.9. The minimum Gasteiger partial charge on any atom is -0.378 e. The zero-order valence-corrected chi connectivity index (χ0v) is 18.8. The molecule has 0 bridgehead atoms. The first-order valence-electron chi connectivity index (χ1n) is 11.3. The number of nitrogens with one attached hydrogen (secondary N) is 4. The van der Waals surface area contributed by atoms with E-state index >= 15 is 0 Å². The number of hydrogen-bond donors (Lipinski definition) is 4. The topological polar surface area (TPSA) is 101 Å². The van der Waals surface area contributed by atoms with Gasteiger partial charge < -0.3 is 30.7 Å². The van der Waals surface area contributed by atoms with Crippen molar-refractivity contribution in [2.75, 3.05) is 36.9 Å². The van der Waals surface area contributed by atoms with E-state index in [0.29, 0.717) is 36.3 Å². The van der Waals surface area contributed by atoms with E-state index in [9.17, 15) is 9.59 Å². The van der Waals surface area contributed by atoms with Crippen LogP contribution in [0.4, 0.5) is 21.0 Å². The molecule has 0 unspecified atom stereocenters. The maximum Gasteiger partial charge on any atom is 0.319 e. The Kier molecular flexibility index (Phi) is 8.54. The van der Waals surface area contributed by atoms with Crippen LogP contribution in [0.1, 0.15) is 45.1 Å². The molecule has 4 N–H and O–H groups in total. The summed E-state index contributed by atoms with van der Waals surface area (Å²) in [6, 6.07) is 5.01. The number of urea groups is 2. The Morgan fingerprint density at radius 2 is 1.45 bits per heavy atom. The van der Waals surface area contributed by atoms with Crippen molar-refractivity contribution < 1.29 is 19.1 Å². The van der Waals surface area contributed by atoms with Gasteiger partial charge in [-0.05, 0) is 76.0 Å². The smallest absolute Gasteiger partial charge is 0.319 e. The summed E-state index contributed by atoms with van der Waals surface area (Å²) in [4.78, 5) is 24.7. The number of rotatable bonds is 6. The molecule has 31 heavy (non-hydrogen) atoms. The average molecular weight is 433 g/mol. The molecule has 0 spiro atoms. The quantitative estimate of drug-likeness (QED) is 0.548. The van der Waals surface area contributed by atoms with Crippen molar-refractivity contribution in [3.63, 3.8) is 0 Å². The van der Waals surface area contributed by atoms with Gasteiger partial charge in [-0.3, -0.25) is 0 Å². The molecule has 172 valence electrons. The van der Waals surface area contributed by atoms with Gasteiger partial charge >= 0.3 is 12.1 Å². The number of hydrogen-bond acceptors (Lipinski definition) is 4. The van der Waals surface area contributed by atoms with Crippen molar-refractivity contribution in [1.82, 2.24) is 10.6 Å². The first-order valence-corrected chi connectivity index (χ1v) is 11.3. The molecule has 0 aromatic heterocycles. The Balaban J connectivity index is 1.45. The van der Waals surface area contributed by atoms with E-state index in [1.54, 1.807) is 6.07 Å². The Labute approximate surface area is 184 Å². The maximum absolute atomic E-state index is 12.4. The second kappa shape index (κ2) is 11.3. The fraction of sp³-hybridized carbons (Fsp3) is 0.652. The van der Waals surface area contributed by atoms with E-state index in [1.165, 1.54) is 0 Å². The van der Waals surface area contributed by atoms with E-state index in [-0.39, 0.29) is 24.3 Å². The van der Waals surface area contributed by atoms with Crippen LogP contribution in [-0.2, 0) is 9.47 Å². The second-order valence-electron chi connectivity index (χ2n) is 8.84. The van der Waals surface area contributed by atoms with Crippen LogP contribution in [-0.4, -0.2) is 50.6 Å². The van der Waals surface area contributed by atoms with E-state index in [0.717, 1.165) is 44.5 Å². The van der Waals surface area contributed by atoms with Gasteiger partial charge in [0.1, 0.15) is 0 Å². The van der Waals surface area contributed by atoms with Crippen molar-refractivity contribution in [3.8, 4) is 0 Å². The molecule has 2 saturated heterocycles. The molecule has 4 amide bonds. The van der Waals surface area contributed by atoms with Gasteiger partial charge in [0, 0.05) is 37.7 Å². The monoisotopic (exact) mass is 432 g/mol. The summed E-state index contributed by atoms with van der Waals surface area (Å²) in [5, 5.41) is 11.6. The predicted octanol–water partition coefficient (Wildman–Crippen LogP) is 3.87. The van der Waals surface area contributed by atoms with E-state index in [4.69, 9.17) is 9.47 Å². The second-order valence-corrected chi connectivity index (χ2v) is 8.84. The van der Waals surface area contributed by atoms with Crippen molar-refractivity contribution in [3.05, 3.63) is 23.8 Å². The highest BCUT2D eigenvalue weighted by atomic mass is 16.5.